The molecule has 0 spiro atoms. The van der Waals surface area contributed by atoms with Crippen molar-refractivity contribution in [1.82, 2.24) is 9.88 Å². The molecule has 1 aromatic carbocycles. The highest BCUT2D eigenvalue weighted by Crippen LogP contribution is 2.24. The zero-order valence-corrected chi connectivity index (χ0v) is 15.6. The Morgan fingerprint density at radius 3 is 2.65 bits per heavy atom. The predicted octanol–water partition coefficient (Wildman–Crippen LogP) is 4.31. The van der Waals surface area contributed by atoms with Crippen LogP contribution in [0.1, 0.15) is 35.7 Å². The van der Waals surface area contributed by atoms with Gasteiger partial charge in [-0.2, -0.15) is 0 Å². The summed E-state index contributed by atoms with van der Waals surface area (Å²) in [6.45, 7) is 3.10. The van der Waals surface area contributed by atoms with E-state index in [1.807, 2.05) is 54.0 Å². The maximum Gasteiger partial charge on any atom is 0.263 e. The lowest BCUT2D eigenvalue weighted by Crippen LogP contribution is -2.32. The van der Waals surface area contributed by atoms with E-state index < -0.39 is 0 Å². The number of nitrogens with zero attached hydrogens (tertiary/aromatic N) is 1. The van der Waals surface area contributed by atoms with E-state index >= 15 is 0 Å². The molecule has 134 valence electrons. The van der Waals surface area contributed by atoms with Gasteiger partial charge in [0.1, 0.15) is 5.56 Å². The lowest BCUT2D eigenvalue weighted by molar-refractivity contribution is 0.0949. The van der Waals surface area contributed by atoms with Gasteiger partial charge in [-0.1, -0.05) is 49.7 Å². The van der Waals surface area contributed by atoms with Gasteiger partial charge in [-0.25, -0.2) is 0 Å². The van der Waals surface area contributed by atoms with Gasteiger partial charge in [-0.3, -0.25) is 9.59 Å². The van der Waals surface area contributed by atoms with Crippen molar-refractivity contribution in [1.29, 1.82) is 0 Å². The number of amides is 1. The molecule has 1 amide bonds. The highest BCUT2D eigenvalue weighted by Gasteiger charge is 2.15. The number of carbonyl (C=O) groups excluding carboxylic acids is 1. The number of nitrogens with one attached hydrogen (secondary N) is 1. The number of hydrogen-bond acceptors (Lipinski definition) is 3. The average Bonchev–Trinajstić information content (AvgIpc) is 3.21. The van der Waals surface area contributed by atoms with Crippen molar-refractivity contribution in [2.24, 2.45) is 0 Å². The minimum Gasteiger partial charge on any atom is -0.348 e. The number of aromatic nitrogens is 1. The zero-order valence-electron chi connectivity index (χ0n) is 14.8. The summed E-state index contributed by atoms with van der Waals surface area (Å²) in [5, 5.41) is 4.86. The number of pyridine rings is 1. The number of unbranched alkanes of at least 4 members (excludes halogenated alkanes) is 1. The summed E-state index contributed by atoms with van der Waals surface area (Å²) in [5.74, 6) is -0.331. The third kappa shape index (κ3) is 4.29. The summed E-state index contributed by atoms with van der Waals surface area (Å²) in [5.41, 5.74) is 1.87. The third-order valence-electron chi connectivity index (χ3n) is 4.18. The Labute approximate surface area is 157 Å². The fourth-order valence-electron chi connectivity index (χ4n) is 2.74. The molecule has 5 heteroatoms. The summed E-state index contributed by atoms with van der Waals surface area (Å²) in [6, 6.07) is 15.4. The summed E-state index contributed by atoms with van der Waals surface area (Å²) in [6.07, 6.45) is 3.75. The zero-order chi connectivity index (χ0) is 18.4. The topological polar surface area (TPSA) is 51.1 Å². The summed E-state index contributed by atoms with van der Waals surface area (Å²) in [7, 11) is 0. The lowest BCUT2D eigenvalue weighted by Gasteiger charge is -2.11. The fourth-order valence-corrected chi connectivity index (χ4v) is 3.45. The van der Waals surface area contributed by atoms with E-state index in [0.717, 1.165) is 28.8 Å². The quantitative estimate of drug-likeness (QED) is 0.677. The van der Waals surface area contributed by atoms with Gasteiger partial charge in [-0.05, 0) is 29.5 Å². The normalized spacial score (nSPS) is 10.7. The standard InChI is InChI=1S/C21H22N2O2S/c1-2-3-11-23-15-17(19-10-7-12-26-19)13-18(21(23)25)20(24)22-14-16-8-5-4-6-9-16/h4-10,12-13,15H,2-3,11,14H2,1H3,(H,22,24). The van der Waals surface area contributed by atoms with Crippen LogP contribution in [0.4, 0.5) is 0 Å². The Hall–Kier alpha value is -2.66. The van der Waals surface area contributed by atoms with Crippen LogP contribution in [0.5, 0.6) is 0 Å². The first-order chi connectivity index (χ1) is 12.7. The second-order valence-corrected chi connectivity index (χ2v) is 7.09. The minimum absolute atomic E-state index is 0.197. The molecule has 4 nitrogen and oxygen atoms in total. The molecule has 0 unspecified atom stereocenters. The van der Waals surface area contributed by atoms with E-state index in [4.69, 9.17) is 0 Å². The monoisotopic (exact) mass is 366 g/mol. The van der Waals surface area contributed by atoms with Gasteiger partial charge in [0.05, 0.1) is 0 Å². The van der Waals surface area contributed by atoms with Gasteiger partial charge in [0, 0.05) is 29.7 Å². The van der Waals surface area contributed by atoms with Gasteiger partial charge in [0.25, 0.3) is 11.5 Å². The molecular formula is C21H22N2O2S. The number of rotatable bonds is 7. The van der Waals surface area contributed by atoms with Crippen LogP contribution in [0.25, 0.3) is 10.4 Å². The van der Waals surface area contributed by atoms with Gasteiger partial charge in [0.2, 0.25) is 0 Å². The molecular weight excluding hydrogens is 344 g/mol. The van der Waals surface area contributed by atoms with Gasteiger partial charge < -0.3 is 9.88 Å². The highest BCUT2D eigenvalue weighted by atomic mass is 32.1. The first kappa shape index (κ1) is 18.1. The number of aryl methyl sites for hydroxylation is 1. The molecule has 0 radical (unpaired) electrons. The van der Waals surface area contributed by atoms with Crippen LogP contribution < -0.4 is 10.9 Å². The molecule has 26 heavy (non-hydrogen) atoms. The van der Waals surface area contributed by atoms with Gasteiger partial charge >= 0.3 is 0 Å². The number of benzene rings is 1. The second-order valence-electron chi connectivity index (χ2n) is 6.14. The molecule has 0 fully saturated rings. The van der Waals surface area contributed by atoms with Gasteiger partial charge in [0.15, 0.2) is 0 Å². The Bertz CT molecular complexity index is 915. The lowest BCUT2D eigenvalue weighted by atomic mass is 10.1. The van der Waals surface area contributed by atoms with E-state index in [1.54, 1.807) is 22.0 Å². The SMILES string of the molecule is CCCCn1cc(-c2cccs2)cc(C(=O)NCc2ccccc2)c1=O. The molecule has 0 saturated heterocycles. The van der Waals surface area contributed by atoms with Crippen LogP contribution in [0.3, 0.4) is 0 Å². The Morgan fingerprint density at radius 1 is 1.15 bits per heavy atom. The van der Waals surface area contributed by atoms with Crippen molar-refractivity contribution in [2.75, 3.05) is 0 Å². The molecule has 0 atom stereocenters. The van der Waals surface area contributed by atoms with Crippen LogP contribution >= 0.6 is 11.3 Å². The molecule has 2 heterocycles. The molecule has 0 aliphatic carbocycles. The molecule has 3 rings (SSSR count). The van der Waals surface area contributed by atoms with Crippen molar-refractivity contribution in [3.05, 3.63) is 81.6 Å². The van der Waals surface area contributed by atoms with Crippen LogP contribution in [0.15, 0.2) is 64.9 Å². The molecule has 0 aliphatic rings. The highest BCUT2D eigenvalue weighted by molar-refractivity contribution is 7.13. The second kappa shape index (κ2) is 8.63. The van der Waals surface area contributed by atoms with E-state index in [1.165, 1.54) is 0 Å². The van der Waals surface area contributed by atoms with Crippen molar-refractivity contribution in [2.45, 2.75) is 32.9 Å². The number of hydrogen-bond donors (Lipinski definition) is 1. The Balaban J connectivity index is 1.90. The van der Waals surface area contributed by atoms with E-state index in [-0.39, 0.29) is 17.0 Å². The van der Waals surface area contributed by atoms with Crippen molar-refractivity contribution < 1.29 is 4.79 Å². The summed E-state index contributed by atoms with van der Waals surface area (Å²) < 4.78 is 1.66. The van der Waals surface area contributed by atoms with E-state index in [2.05, 4.69) is 12.2 Å². The van der Waals surface area contributed by atoms with Crippen LogP contribution in [0.2, 0.25) is 0 Å². The summed E-state index contributed by atoms with van der Waals surface area (Å²) in [4.78, 5) is 26.5. The molecule has 0 saturated carbocycles. The third-order valence-corrected chi connectivity index (χ3v) is 5.10. The van der Waals surface area contributed by atoms with Crippen molar-refractivity contribution in [3.8, 4) is 10.4 Å². The fraction of sp³-hybridized carbons (Fsp3) is 0.238. The van der Waals surface area contributed by atoms with Crippen molar-refractivity contribution >= 4 is 17.2 Å². The molecule has 2 aromatic heterocycles. The number of thiophene rings is 1. The Kier molecular flexibility index (Phi) is 6.02. The first-order valence-electron chi connectivity index (χ1n) is 8.79. The van der Waals surface area contributed by atoms with E-state index in [0.29, 0.717) is 13.1 Å². The maximum atomic E-state index is 12.8. The minimum atomic E-state index is -0.331. The largest absolute Gasteiger partial charge is 0.348 e. The summed E-state index contributed by atoms with van der Waals surface area (Å²) >= 11 is 1.60. The maximum absolute atomic E-state index is 12.8. The molecule has 0 bridgehead atoms. The smallest absolute Gasteiger partial charge is 0.263 e. The van der Waals surface area contributed by atoms with E-state index in [9.17, 15) is 9.59 Å². The molecule has 1 N–H and O–H groups in total. The molecule has 0 aliphatic heterocycles. The van der Waals surface area contributed by atoms with Gasteiger partial charge in [-0.15, -0.1) is 11.3 Å². The predicted molar refractivity (Wildman–Crippen MR) is 107 cm³/mol. The van der Waals surface area contributed by atoms with Crippen molar-refractivity contribution in [3.63, 3.8) is 0 Å². The van der Waals surface area contributed by atoms with Crippen LogP contribution in [-0.2, 0) is 13.1 Å². The average molecular weight is 366 g/mol. The van der Waals surface area contributed by atoms with Crippen LogP contribution in [-0.4, -0.2) is 10.5 Å². The first-order valence-corrected chi connectivity index (χ1v) is 9.67. The Morgan fingerprint density at radius 2 is 1.96 bits per heavy atom. The number of carbonyl (C=O) groups is 1. The molecule has 3 aromatic rings. The van der Waals surface area contributed by atoms with Crippen LogP contribution in [0, 0.1) is 0 Å².